The maximum atomic E-state index is 5.01. The van der Waals surface area contributed by atoms with Crippen LogP contribution in [-0.4, -0.2) is 41.7 Å². The molecule has 7 rings (SSSR count). The Kier molecular flexibility index (Phi) is 5.86. The molecule has 38 heavy (non-hydrogen) atoms. The van der Waals surface area contributed by atoms with Gasteiger partial charge in [0.15, 0.2) is 0 Å². The molecule has 0 bridgehead atoms. The number of nitrogens with zero attached hydrogens (tertiary/aromatic N) is 5. The van der Waals surface area contributed by atoms with Crippen molar-refractivity contribution < 1.29 is 0 Å². The number of fused-ring (bicyclic) bond motifs is 2. The van der Waals surface area contributed by atoms with Gasteiger partial charge < -0.3 is 10.3 Å². The van der Waals surface area contributed by atoms with Crippen molar-refractivity contribution in [2.24, 2.45) is 5.92 Å². The van der Waals surface area contributed by atoms with Crippen LogP contribution in [-0.2, 0) is 6.54 Å². The summed E-state index contributed by atoms with van der Waals surface area (Å²) in [7, 11) is 0. The van der Waals surface area contributed by atoms with Gasteiger partial charge in [-0.15, -0.1) is 0 Å². The summed E-state index contributed by atoms with van der Waals surface area (Å²) in [6, 6.07) is 14.4. The molecule has 6 aromatic rings. The third-order valence-electron chi connectivity index (χ3n) is 7.51. The number of hydrogen-bond donors (Lipinski definition) is 3. The van der Waals surface area contributed by atoms with Crippen LogP contribution in [0.15, 0.2) is 73.4 Å². The molecule has 6 heterocycles. The molecule has 3 N–H and O–H groups in total. The number of H-pyrrole nitrogens is 2. The van der Waals surface area contributed by atoms with Gasteiger partial charge in [-0.05, 0) is 84.5 Å². The standard InChI is InChI=1S/C30H28N8/c1-2-4-19(3-1)15-32-16-20-13-22(18-33-17-20)25-5-6-26-28(35-25)29(38-37-26)27-14-24-23(9-12-34-30(24)36-27)21-7-10-31-11-8-21/h5-14,17-19,32H,1-4,15-16H2,(H,34,36)(H,37,38). The van der Waals surface area contributed by atoms with Gasteiger partial charge in [0.05, 0.1) is 16.9 Å². The molecule has 1 fully saturated rings. The molecule has 0 radical (unpaired) electrons. The number of aromatic nitrogens is 7. The lowest BCUT2D eigenvalue weighted by Gasteiger charge is -2.11. The van der Waals surface area contributed by atoms with E-state index in [-0.39, 0.29) is 0 Å². The van der Waals surface area contributed by atoms with E-state index in [0.29, 0.717) is 0 Å². The van der Waals surface area contributed by atoms with Crippen LogP contribution in [0.25, 0.3) is 55.8 Å². The molecular formula is C30H28N8. The fourth-order valence-electron chi connectivity index (χ4n) is 5.54. The minimum atomic E-state index is 0.767. The average Bonchev–Trinajstić information content (AvgIpc) is 3.73. The Labute approximate surface area is 220 Å². The van der Waals surface area contributed by atoms with Crippen molar-refractivity contribution in [2.45, 2.75) is 32.2 Å². The maximum Gasteiger partial charge on any atom is 0.138 e. The van der Waals surface area contributed by atoms with Crippen molar-refractivity contribution in [3.63, 3.8) is 0 Å². The summed E-state index contributed by atoms with van der Waals surface area (Å²) in [6.45, 7) is 1.90. The zero-order valence-electron chi connectivity index (χ0n) is 21.0. The van der Waals surface area contributed by atoms with Crippen LogP contribution >= 0.6 is 0 Å². The summed E-state index contributed by atoms with van der Waals surface area (Å²) in [5.74, 6) is 0.815. The second kappa shape index (κ2) is 9.79. The molecule has 0 unspecified atom stereocenters. The molecule has 0 amide bonds. The van der Waals surface area contributed by atoms with Crippen LogP contribution in [0.2, 0.25) is 0 Å². The zero-order valence-corrected chi connectivity index (χ0v) is 21.0. The zero-order chi connectivity index (χ0) is 25.3. The SMILES string of the molecule is c1cc(-c2ccnc3[nH]c(-c4n[nH]c5ccc(-c6cncc(CNCC7CCCC7)c6)nc45)cc23)ccn1. The Bertz CT molecular complexity index is 1710. The minimum Gasteiger partial charge on any atom is -0.338 e. The lowest BCUT2D eigenvalue weighted by atomic mass is 10.1. The molecule has 0 spiro atoms. The highest BCUT2D eigenvalue weighted by molar-refractivity contribution is 5.99. The maximum absolute atomic E-state index is 5.01. The van der Waals surface area contributed by atoms with E-state index in [1.165, 1.54) is 31.2 Å². The molecule has 1 saturated carbocycles. The molecule has 1 aliphatic rings. The summed E-state index contributed by atoms with van der Waals surface area (Å²) >= 11 is 0. The third kappa shape index (κ3) is 4.33. The van der Waals surface area contributed by atoms with Crippen LogP contribution in [0.3, 0.4) is 0 Å². The monoisotopic (exact) mass is 500 g/mol. The van der Waals surface area contributed by atoms with Gasteiger partial charge in [0.1, 0.15) is 16.9 Å². The molecule has 0 saturated heterocycles. The van der Waals surface area contributed by atoms with Crippen LogP contribution in [0, 0.1) is 5.92 Å². The summed E-state index contributed by atoms with van der Waals surface area (Å²) in [5.41, 5.74) is 9.36. The van der Waals surface area contributed by atoms with Crippen LogP contribution < -0.4 is 5.32 Å². The molecule has 8 nitrogen and oxygen atoms in total. The average molecular weight is 501 g/mol. The Hall–Kier alpha value is -4.43. The van der Waals surface area contributed by atoms with Gasteiger partial charge in [-0.1, -0.05) is 12.8 Å². The molecule has 188 valence electrons. The smallest absolute Gasteiger partial charge is 0.138 e. The second-order valence-corrected chi connectivity index (χ2v) is 10.1. The lowest BCUT2D eigenvalue weighted by Crippen LogP contribution is -2.20. The quantitative estimate of drug-likeness (QED) is 0.252. The predicted molar refractivity (Wildman–Crippen MR) is 149 cm³/mol. The van der Waals surface area contributed by atoms with Gasteiger partial charge in [-0.2, -0.15) is 5.10 Å². The normalized spacial score (nSPS) is 14.1. The van der Waals surface area contributed by atoms with E-state index < -0.39 is 0 Å². The van der Waals surface area contributed by atoms with Crippen molar-refractivity contribution in [1.82, 2.24) is 40.4 Å². The summed E-state index contributed by atoms with van der Waals surface area (Å²) in [4.78, 5) is 21.7. The van der Waals surface area contributed by atoms with Gasteiger partial charge in [-0.3, -0.25) is 15.1 Å². The Morgan fingerprint density at radius 3 is 2.68 bits per heavy atom. The van der Waals surface area contributed by atoms with E-state index in [1.807, 2.05) is 48.9 Å². The number of nitrogens with one attached hydrogen (secondary N) is 3. The Morgan fingerprint density at radius 2 is 1.79 bits per heavy atom. The van der Waals surface area contributed by atoms with E-state index in [2.05, 4.69) is 47.6 Å². The number of hydrogen-bond acceptors (Lipinski definition) is 6. The summed E-state index contributed by atoms with van der Waals surface area (Å²) in [6.07, 6.45) is 14.7. The van der Waals surface area contributed by atoms with Crippen LogP contribution in [0.4, 0.5) is 0 Å². The van der Waals surface area contributed by atoms with Crippen molar-refractivity contribution in [1.29, 1.82) is 0 Å². The van der Waals surface area contributed by atoms with Crippen molar-refractivity contribution in [3.8, 4) is 33.8 Å². The van der Waals surface area contributed by atoms with Gasteiger partial charge in [0.25, 0.3) is 0 Å². The first-order valence-electron chi connectivity index (χ1n) is 13.2. The largest absolute Gasteiger partial charge is 0.338 e. The lowest BCUT2D eigenvalue weighted by molar-refractivity contribution is 0.489. The van der Waals surface area contributed by atoms with E-state index in [9.17, 15) is 0 Å². The van der Waals surface area contributed by atoms with E-state index in [4.69, 9.17) is 4.98 Å². The van der Waals surface area contributed by atoms with Crippen molar-refractivity contribution in [3.05, 3.63) is 79.0 Å². The van der Waals surface area contributed by atoms with E-state index in [1.54, 1.807) is 12.4 Å². The Balaban J connectivity index is 1.20. The van der Waals surface area contributed by atoms with E-state index in [0.717, 1.165) is 74.8 Å². The molecule has 0 aliphatic heterocycles. The van der Waals surface area contributed by atoms with E-state index >= 15 is 0 Å². The van der Waals surface area contributed by atoms with Crippen molar-refractivity contribution in [2.75, 3.05) is 6.54 Å². The number of aromatic amines is 2. The van der Waals surface area contributed by atoms with Crippen LogP contribution in [0.1, 0.15) is 31.2 Å². The Morgan fingerprint density at radius 1 is 0.895 bits per heavy atom. The third-order valence-corrected chi connectivity index (χ3v) is 7.51. The fraction of sp³-hybridized carbons (Fsp3) is 0.233. The number of rotatable bonds is 7. The molecular weight excluding hydrogens is 472 g/mol. The highest BCUT2D eigenvalue weighted by Gasteiger charge is 2.17. The first kappa shape index (κ1) is 22.7. The highest BCUT2D eigenvalue weighted by Crippen LogP contribution is 2.33. The van der Waals surface area contributed by atoms with Gasteiger partial charge in [0, 0.05) is 48.5 Å². The van der Waals surface area contributed by atoms with Gasteiger partial charge in [-0.25, -0.2) is 9.97 Å². The first-order chi connectivity index (χ1) is 18.8. The topological polar surface area (TPSA) is 108 Å². The van der Waals surface area contributed by atoms with Crippen molar-refractivity contribution >= 4 is 22.1 Å². The molecule has 1 aliphatic carbocycles. The van der Waals surface area contributed by atoms with Crippen LogP contribution in [0.5, 0.6) is 0 Å². The molecule has 0 aromatic carbocycles. The van der Waals surface area contributed by atoms with Gasteiger partial charge >= 0.3 is 0 Å². The second-order valence-electron chi connectivity index (χ2n) is 10.1. The molecule has 6 aromatic heterocycles. The first-order valence-corrected chi connectivity index (χ1v) is 13.2. The highest BCUT2D eigenvalue weighted by atomic mass is 15.1. The predicted octanol–water partition coefficient (Wildman–Crippen LogP) is 5.91. The summed E-state index contributed by atoms with van der Waals surface area (Å²) in [5, 5.41) is 12.4. The number of pyridine rings is 4. The minimum absolute atomic E-state index is 0.767. The fourth-order valence-corrected chi connectivity index (χ4v) is 5.54. The summed E-state index contributed by atoms with van der Waals surface area (Å²) < 4.78 is 0. The van der Waals surface area contributed by atoms with Gasteiger partial charge in [0.2, 0.25) is 0 Å². The molecule has 0 atom stereocenters. The molecule has 8 heteroatoms.